The summed E-state index contributed by atoms with van der Waals surface area (Å²) in [4.78, 5) is 48.6. The number of rotatable bonds is 11. The fourth-order valence-corrected chi connectivity index (χ4v) is 3.23. The van der Waals surface area contributed by atoms with Crippen LogP contribution in [0.3, 0.4) is 0 Å². The molecule has 2 rings (SSSR count). The molecule has 8 nitrogen and oxygen atoms in total. The van der Waals surface area contributed by atoms with E-state index in [2.05, 4.69) is 23.3 Å². The van der Waals surface area contributed by atoms with Crippen LogP contribution in [0.1, 0.15) is 27.9 Å². The molecule has 0 aromatic heterocycles. The molecule has 0 aliphatic heterocycles. The summed E-state index contributed by atoms with van der Waals surface area (Å²) < 4.78 is 9.97. The Morgan fingerprint density at radius 2 is 1.69 bits per heavy atom. The van der Waals surface area contributed by atoms with Gasteiger partial charge in [-0.25, -0.2) is 9.59 Å². The topological polar surface area (TPSA) is 111 Å². The molecule has 2 aromatic carbocycles. The lowest BCUT2D eigenvalue weighted by molar-refractivity contribution is -0.145. The van der Waals surface area contributed by atoms with Gasteiger partial charge in [-0.05, 0) is 23.3 Å². The van der Waals surface area contributed by atoms with Gasteiger partial charge in [0, 0.05) is 12.0 Å². The number of aldehydes is 1. The van der Waals surface area contributed by atoms with Crippen LogP contribution in [0, 0.1) is 0 Å². The number of nitrogens with one attached hydrogen (secondary N) is 2. The maximum atomic E-state index is 12.8. The number of esters is 1. The molecule has 0 heterocycles. The van der Waals surface area contributed by atoms with Crippen molar-refractivity contribution in [2.75, 3.05) is 12.9 Å². The van der Waals surface area contributed by atoms with E-state index in [4.69, 9.17) is 9.47 Å². The molecule has 2 N–H and O–H groups in total. The Kier molecular flexibility index (Phi) is 10.3. The molecule has 32 heavy (non-hydrogen) atoms. The minimum atomic E-state index is -1.04. The summed E-state index contributed by atoms with van der Waals surface area (Å²) in [6.07, 6.45) is 0.185. The third kappa shape index (κ3) is 7.73. The molecule has 0 fully saturated rings. The van der Waals surface area contributed by atoms with Crippen molar-refractivity contribution in [3.05, 3.63) is 71.3 Å². The number of hydrogen-bond donors (Lipinski definition) is 3. The number of methoxy groups -OCH3 is 1. The van der Waals surface area contributed by atoms with Crippen molar-refractivity contribution in [3.8, 4) is 0 Å². The normalized spacial score (nSPS) is 12.2. The average molecular weight is 459 g/mol. The number of carbonyl (C=O) groups is 4. The molecule has 2 aromatic rings. The van der Waals surface area contributed by atoms with Crippen LogP contribution in [0.4, 0.5) is 4.79 Å². The van der Waals surface area contributed by atoms with Crippen LogP contribution in [-0.4, -0.2) is 49.2 Å². The van der Waals surface area contributed by atoms with E-state index in [9.17, 15) is 19.2 Å². The van der Waals surface area contributed by atoms with E-state index in [1.54, 1.807) is 24.3 Å². The number of alkyl carbamates (subject to hydrolysis) is 1. The van der Waals surface area contributed by atoms with Gasteiger partial charge < -0.3 is 20.1 Å². The highest BCUT2D eigenvalue weighted by Gasteiger charge is 2.28. The predicted octanol–water partition coefficient (Wildman–Crippen LogP) is 2.31. The van der Waals surface area contributed by atoms with E-state index in [0.717, 1.165) is 5.56 Å². The second-order valence-electron chi connectivity index (χ2n) is 6.88. The fraction of sp³-hybridized carbons (Fsp3) is 0.304. The van der Waals surface area contributed by atoms with Crippen LogP contribution < -0.4 is 10.6 Å². The van der Waals surface area contributed by atoms with Crippen molar-refractivity contribution >= 4 is 36.9 Å². The Morgan fingerprint density at radius 3 is 2.34 bits per heavy atom. The molecular formula is C23H26N2O6S. The summed E-state index contributed by atoms with van der Waals surface area (Å²) in [6, 6.07) is 13.8. The van der Waals surface area contributed by atoms with Gasteiger partial charge in [0.25, 0.3) is 0 Å². The van der Waals surface area contributed by atoms with E-state index in [0.29, 0.717) is 23.2 Å². The Bertz CT molecular complexity index is 922. The van der Waals surface area contributed by atoms with Crippen LogP contribution in [0.5, 0.6) is 0 Å². The zero-order chi connectivity index (χ0) is 23.3. The predicted molar refractivity (Wildman–Crippen MR) is 122 cm³/mol. The van der Waals surface area contributed by atoms with Gasteiger partial charge in [-0.2, -0.15) is 12.6 Å². The molecule has 0 aliphatic carbocycles. The molecule has 0 saturated heterocycles. The second kappa shape index (κ2) is 13.2. The zero-order valence-corrected chi connectivity index (χ0v) is 18.5. The quantitative estimate of drug-likeness (QED) is 0.271. The van der Waals surface area contributed by atoms with Gasteiger partial charge in [-0.15, -0.1) is 0 Å². The summed E-state index contributed by atoms with van der Waals surface area (Å²) in [5.74, 6) is -0.946. The lowest BCUT2D eigenvalue weighted by atomic mass is 10.0. The number of carbonyl (C=O) groups excluding carboxylic acids is 4. The number of thiol groups is 1. The Labute approximate surface area is 192 Å². The lowest BCUT2D eigenvalue weighted by Crippen LogP contribution is -2.52. The van der Waals surface area contributed by atoms with Gasteiger partial charge in [-0.1, -0.05) is 54.6 Å². The van der Waals surface area contributed by atoms with E-state index in [1.807, 2.05) is 30.3 Å². The van der Waals surface area contributed by atoms with Crippen molar-refractivity contribution in [1.82, 2.24) is 10.6 Å². The Balaban J connectivity index is 2.04. The van der Waals surface area contributed by atoms with Crippen molar-refractivity contribution in [3.63, 3.8) is 0 Å². The summed E-state index contributed by atoms with van der Waals surface area (Å²) in [6.45, 7) is 0.0507. The van der Waals surface area contributed by atoms with Crippen LogP contribution in [0.2, 0.25) is 0 Å². The lowest BCUT2D eigenvalue weighted by Gasteiger charge is -2.22. The van der Waals surface area contributed by atoms with Gasteiger partial charge in [0.05, 0.1) is 7.11 Å². The largest absolute Gasteiger partial charge is 0.467 e. The van der Waals surface area contributed by atoms with E-state index in [-0.39, 0.29) is 19.4 Å². The van der Waals surface area contributed by atoms with Crippen LogP contribution in [0.15, 0.2) is 54.6 Å². The second-order valence-corrected chi connectivity index (χ2v) is 7.32. The molecule has 0 unspecified atom stereocenters. The molecule has 0 saturated carbocycles. The number of ether oxygens (including phenoxy) is 2. The smallest absolute Gasteiger partial charge is 0.408 e. The Morgan fingerprint density at radius 1 is 1.00 bits per heavy atom. The van der Waals surface area contributed by atoms with E-state index >= 15 is 0 Å². The first-order valence-electron chi connectivity index (χ1n) is 9.97. The summed E-state index contributed by atoms with van der Waals surface area (Å²) in [5, 5.41) is 5.10. The minimum Gasteiger partial charge on any atom is -0.467 e. The third-order valence-corrected chi connectivity index (χ3v) is 4.91. The fourth-order valence-electron chi connectivity index (χ4n) is 2.97. The molecule has 170 valence electrons. The monoisotopic (exact) mass is 458 g/mol. The molecule has 0 radical (unpaired) electrons. The first-order chi connectivity index (χ1) is 15.5. The minimum absolute atomic E-state index is 0.0507. The van der Waals surface area contributed by atoms with Crippen molar-refractivity contribution in [2.45, 2.75) is 31.5 Å². The molecule has 0 aliphatic rings. The maximum absolute atomic E-state index is 12.8. The highest BCUT2D eigenvalue weighted by molar-refractivity contribution is 7.80. The number of benzene rings is 2. The van der Waals surface area contributed by atoms with Crippen LogP contribution in [0.25, 0.3) is 0 Å². The maximum Gasteiger partial charge on any atom is 0.408 e. The number of hydrogen-bond acceptors (Lipinski definition) is 7. The van der Waals surface area contributed by atoms with E-state index in [1.165, 1.54) is 7.11 Å². The van der Waals surface area contributed by atoms with Gasteiger partial charge in [-0.3, -0.25) is 9.59 Å². The van der Waals surface area contributed by atoms with Gasteiger partial charge in [0.2, 0.25) is 5.91 Å². The Hall–Kier alpha value is -3.33. The summed E-state index contributed by atoms with van der Waals surface area (Å²) in [5.41, 5.74) is 1.79. The average Bonchev–Trinajstić information content (AvgIpc) is 2.82. The van der Waals surface area contributed by atoms with Gasteiger partial charge in [0.15, 0.2) is 0 Å². The molecule has 0 spiro atoms. The zero-order valence-electron chi connectivity index (χ0n) is 17.7. The summed E-state index contributed by atoms with van der Waals surface area (Å²) >= 11 is 4.14. The highest BCUT2D eigenvalue weighted by atomic mass is 32.1. The first-order valence-corrected chi connectivity index (χ1v) is 10.6. The van der Waals surface area contributed by atoms with Crippen molar-refractivity contribution in [2.24, 2.45) is 0 Å². The van der Waals surface area contributed by atoms with Crippen LogP contribution >= 0.6 is 12.6 Å². The highest BCUT2D eigenvalue weighted by Crippen LogP contribution is 2.11. The van der Waals surface area contributed by atoms with Crippen molar-refractivity contribution < 1.29 is 28.7 Å². The standard InChI is InChI=1S/C23H26N2O6S/c1-30-22(28)20(13-17-9-5-6-10-18(17)14-26)24-21(27)19(11-12-32)25-23(29)31-15-16-7-3-2-4-8-16/h2-10,14,19-20,32H,11-13,15H2,1H3,(H,24,27)(H,25,29)/t19-,20-/m0/s1. The molecule has 9 heteroatoms. The third-order valence-electron chi connectivity index (χ3n) is 4.65. The molecular weight excluding hydrogens is 432 g/mol. The van der Waals surface area contributed by atoms with Gasteiger partial charge >= 0.3 is 12.1 Å². The first kappa shape index (κ1) is 24.9. The van der Waals surface area contributed by atoms with Gasteiger partial charge in [0.1, 0.15) is 25.0 Å². The van der Waals surface area contributed by atoms with Crippen molar-refractivity contribution in [1.29, 1.82) is 0 Å². The molecule has 2 amide bonds. The van der Waals surface area contributed by atoms with E-state index < -0.39 is 30.1 Å². The molecule has 0 bridgehead atoms. The SMILES string of the molecule is COC(=O)[C@H](Cc1ccccc1C=O)NC(=O)[C@H](CCS)NC(=O)OCc1ccccc1. The molecule has 2 atom stereocenters. The van der Waals surface area contributed by atoms with Crippen LogP contribution in [-0.2, 0) is 32.1 Å². The number of amides is 2. The summed E-state index contributed by atoms with van der Waals surface area (Å²) in [7, 11) is 1.21.